The van der Waals surface area contributed by atoms with Crippen LogP contribution in [-0.4, -0.2) is 16.5 Å². The number of aryl methyl sites for hydroxylation is 2. The zero-order chi connectivity index (χ0) is 16.2. The second-order valence-electron chi connectivity index (χ2n) is 5.53. The number of ether oxygens (including phenoxy) is 1. The zero-order valence-corrected chi connectivity index (χ0v) is 13.2. The average Bonchev–Trinajstić information content (AvgIpc) is 3.04. The Labute approximate surface area is 135 Å². The van der Waals surface area contributed by atoms with Crippen LogP contribution in [0.2, 0.25) is 0 Å². The molecule has 1 heterocycles. The lowest BCUT2D eigenvalue weighted by Crippen LogP contribution is -1.98. The van der Waals surface area contributed by atoms with Gasteiger partial charge in [-0.3, -0.25) is 9.89 Å². The molecular weight excluding hydrogens is 288 g/mol. The van der Waals surface area contributed by atoms with Crippen LogP contribution in [-0.2, 0) is 6.61 Å². The van der Waals surface area contributed by atoms with Crippen molar-refractivity contribution >= 4 is 6.29 Å². The van der Waals surface area contributed by atoms with Crippen LogP contribution in [0.3, 0.4) is 0 Å². The lowest BCUT2D eigenvalue weighted by atomic mass is 10.00. The Bertz CT molecular complexity index is 823. The van der Waals surface area contributed by atoms with Gasteiger partial charge in [0.25, 0.3) is 0 Å². The maximum Gasteiger partial charge on any atom is 0.153 e. The predicted molar refractivity (Wildman–Crippen MR) is 89.7 cm³/mol. The Balaban J connectivity index is 1.87. The van der Waals surface area contributed by atoms with Crippen LogP contribution in [0, 0.1) is 13.8 Å². The molecule has 3 rings (SSSR count). The van der Waals surface area contributed by atoms with Gasteiger partial charge in [-0.25, -0.2) is 0 Å². The standard InChI is InChI=1S/C19H18N2O2/c1-13-9-18(23-12-15-6-4-3-5-7-15)14(2)8-17(13)19-16(11-22)10-20-21-19/h3-11H,12H2,1-2H3,(H,20,21). The zero-order valence-electron chi connectivity index (χ0n) is 13.2. The van der Waals surface area contributed by atoms with Gasteiger partial charge in [-0.1, -0.05) is 30.3 Å². The first-order valence-electron chi connectivity index (χ1n) is 7.46. The molecule has 0 spiro atoms. The van der Waals surface area contributed by atoms with Gasteiger partial charge in [-0.2, -0.15) is 5.10 Å². The van der Waals surface area contributed by atoms with Crippen molar-refractivity contribution in [3.05, 3.63) is 70.9 Å². The third-order valence-corrected chi connectivity index (χ3v) is 3.82. The summed E-state index contributed by atoms with van der Waals surface area (Å²) in [4.78, 5) is 11.1. The summed E-state index contributed by atoms with van der Waals surface area (Å²) in [5, 5.41) is 6.85. The van der Waals surface area contributed by atoms with Crippen LogP contribution >= 0.6 is 0 Å². The molecule has 0 radical (unpaired) electrons. The SMILES string of the molecule is Cc1cc(-c2[nH]ncc2C=O)c(C)cc1OCc1ccccc1. The van der Waals surface area contributed by atoms with E-state index in [2.05, 4.69) is 10.2 Å². The number of rotatable bonds is 5. The van der Waals surface area contributed by atoms with Crippen LogP contribution in [0.25, 0.3) is 11.3 Å². The van der Waals surface area contributed by atoms with E-state index in [-0.39, 0.29) is 0 Å². The van der Waals surface area contributed by atoms with Gasteiger partial charge in [0.15, 0.2) is 6.29 Å². The van der Waals surface area contributed by atoms with E-state index in [0.29, 0.717) is 12.2 Å². The first-order chi connectivity index (χ1) is 11.2. The topological polar surface area (TPSA) is 55.0 Å². The van der Waals surface area contributed by atoms with Gasteiger partial charge in [0.05, 0.1) is 17.5 Å². The molecule has 1 N–H and O–H groups in total. The number of hydrogen-bond donors (Lipinski definition) is 1. The third-order valence-electron chi connectivity index (χ3n) is 3.82. The summed E-state index contributed by atoms with van der Waals surface area (Å²) in [6, 6.07) is 14.1. The minimum Gasteiger partial charge on any atom is -0.489 e. The fourth-order valence-corrected chi connectivity index (χ4v) is 2.55. The molecule has 0 fully saturated rings. The fourth-order valence-electron chi connectivity index (χ4n) is 2.55. The van der Waals surface area contributed by atoms with Crippen LogP contribution in [0.4, 0.5) is 0 Å². The number of nitrogens with one attached hydrogen (secondary N) is 1. The van der Waals surface area contributed by atoms with Crippen LogP contribution < -0.4 is 4.74 Å². The van der Waals surface area contributed by atoms with Gasteiger partial charge < -0.3 is 4.74 Å². The monoisotopic (exact) mass is 306 g/mol. The number of aldehydes is 1. The number of hydrogen-bond acceptors (Lipinski definition) is 3. The maximum absolute atomic E-state index is 11.1. The first-order valence-corrected chi connectivity index (χ1v) is 7.46. The van der Waals surface area contributed by atoms with Crippen LogP contribution in [0.5, 0.6) is 5.75 Å². The van der Waals surface area contributed by atoms with Crippen LogP contribution in [0.1, 0.15) is 27.0 Å². The molecule has 0 unspecified atom stereocenters. The molecular formula is C19H18N2O2. The normalized spacial score (nSPS) is 10.5. The van der Waals surface area contributed by atoms with E-state index in [1.807, 2.05) is 56.3 Å². The van der Waals surface area contributed by atoms with Crippen molar-refractivity contribution in [2.45, 2.75) is 20.5 Å². The molecule has 0 aliphatic heterocycles. The summed E-state index contributed by atoms with van der Waals surface area (Å²) < 4.78 is 5.94. The van der Waals surface area contributed by atoms with Crippen LogP contribution in [0.15, 0.2) is 48.7 Å². The number of aromatic amines is 1. The van der Waals surface area contributed by atoms with E-state index in [0.717, 1.165) is 40.0 Å². The average molecular weight is 306 g/mol. The molecule has 0 atom stereocenters. The molecule has 23 heavy (non-hydrogen) atoms. The second-order valence-corrected chi connectivity index (χ2v) is 5.53. The lowest BCUT2D eigenvalue weighted by Gasteiger charge is -2.13. The number of aromatic nitrogens is 2. The summed E-state index contributed by atoms with van der Waals surface area (Å²) in [5.74, 6) is 0.849. The summed E-state index contributed by atoms with van der Waals surface area (Å²) in [6.07, 6.45) is 2.35. The van der Waals surface area contributed by atoms with Crippen molar-refractivity contribution in [1.82, 2.24) is 10.2 Å². The lowest BCUT2D eigenvalue weighted by molar-refractivity contribution is 0.112. The first kappa shape index (κ1) is 15.0. The Morgan fingerprint density at radius 3 is 2.65 bits per heavy atom. The number of carbonyl (C=O) groups is 1. The van der Waals surface area contributed by atoms with Gasteiger partial charge in [0.2, 0.25) is 0 Å². The molecule has 0 aliphatic carbocycles. The van der Waals surface area contributed by atoms with Crippen molar-refractivity contribution < 1.29 is 9.53 Å². The van der Waals surface area contributed by atoms with Crippen molar-refractivity contribution in [2.75, 3.05) is 0 Å². The van der Waals surface area contributed by atoms with E-state index in [4.69, 9.17) is 4.74 Å². The minimum atomic E-state index is 0.532. The van der Waals surface area contributed by atoms with E-state index in [9.17, 15) is 4.79 Å². The van der Waals surface area contributed by atoms with Crippen molar-refractivity contribution in [1.29, 1.82) is 0 Å². The summed E-state index contributed by atoms with van der Waals surface area (Å²) in [6.45, 7) is 4.53. The molecule has 1 aromatic heterocycles. The van der Waals surface area contributed by atoms with Gasteiger partial charge in [-0.05, 0) is 42.7 Å². The minimum absolute atomic E-state index is 0.532. The summed E-state index contributed by atoms with van der Waals surface area (Å²) in [7, 11) is 0. The fraction of sp³-hybridized carbons (Fsp3) is 0.158. The molecule has 0 bridgehead atoms. The Morgan fingerprint density at radius 1 is 1.13 bits per heavy atom. The highest BCUT2D eigenvalue weighted by molar-refractivity contribution is 5.86. The molecule has 116 valence electrons. The van der Waals surface area contributed by atoms with Crippen molar-refractivity contribution in [3.63, 3.8) is 0 Å². The number of H-pyrrole nitrogens is 1. The smallest absolute Gasteiger partial charge is 0.153 e. The highest BCUT2D eigenvalue weighted by Gasteiger charge is 2.12. The molecule has 0 amide bonds. The summed E-state index contributed by atoms with van der Waals surface area (Å²) in [5.41, 5.74) is 5.46. The van der Waals surface area contributed by atoms with Gasteiger partial charge in [0, 0.05) is 5.56 Å². The molecule has 0 saturated heterocycles. The molecule has 0 saturated carbocycles. The van der Waals surface area contributed by atoms with E-state index in [1.54, 1.807) is 0 Å². The second kappa shape index (κ2) is 6.48. The predicted octanol–water partition coefficient (Wildman–Crippen LogP) is 4.09. The largest absolute Gasteiger partial charge is 0.489 e. The Hall–Kier alpha value is -2.88. The molecule has 3 aromatic rings. The highest BCUT2D eigenvalue weighted by atomic mass is 16.5. The van der Waals surface area contributed by atoms with Gasteiger partial charge in [-0.15, -0.1) is 0 Å². The highest BCUT2D eigenvalue weighted by Crippen LogP contribution is 2.30. The number of carbonyl (C=O) groups excluding carboxylic acids is 1. The maximum atomic E-state index is 11.1. The molecule has 4 heteroatoms. The Kier molecular flexibility index (Phi) is 4.24. The Morgan fingerprint density at radius 2 is 1.91 bits per heavy atom. The number of nitrogens with zero attached hydrogens (tertiary/aromatic N) is 1. The molecule has 4 nitrogen and oxygen atoms in total. The number of benzene rings is 2. The van der Waals surface area contributed by atoms with E-state index in [1.165, 1.54) is 6.20 Å². The third kappa shape index (κ3) is 3.16. The van der Waals surface area contributed by atoms with E-state index < -0.39 is 0 Å². The van der Waals surface area contributed by atoms with E-state index >= 15 is 0 Å². The quantitative estimate of drug-likeness (QED) is 0.722. The van der Waals surface area contributed by atoms with Gasteiger partial charge >= 0.3 is 0 Å². The van der Waals surface area contributed by atoms with Crippen molar-refractivity contribution in [3.8, 4) is 17.0 Å². The molecule has 2 aromatic carbocycles. The molecule has 0 aliphatic rings. The van der Waals surface area contributed by atoms with Crippen molar-refractivity contribution in [2.24, 2.45) is 0 Å². The summed E-state index contributed by atoms with van der Waals surface area (Å²) >= 11 is 0. The van der Waals surface area contributed by atoms with Gasteiger partial charge in [0.1, 0.15) is 12.4 Å².